The molecule has 5 rings (SSSR count). The molecule has 0 spiro atoms. The summed E-state index contributed by atoms with van der Waals surface area (Å²) in [6, 6.07) is 8.28. The van der Waals surface area contributed by atoms with Gasteiger partial charge in [0.2, 0.25) is 17.7 Å². The van der Waals surface area contributed by atoms with Crippen molar-refractivity contribution in [2.75, 3.05) is 26.2 Å². The minimum atomic E-state index is -0.243. The van der Waals surface area contributed by atoms with Gasteiger partial charge in [-0.1, -0.05) is 18.2 Å². The quantitative estimate of drug-likeness (QED) is 0.683. The van der Waals surface area contributed by atoms with E-state index >= 15 is 0 Å². The number of aromatic amines is 1. The third kappa shape index (κ3) is 4.31. The van der Waals surface area contributed by atoms with E-state index in [-0.39, 0.29) is 29.7 Å². The number of likely N-dealkylation sites (tertiary alicyclic amines) is 2. The first kappa shape index (κ1) is 20.1. The summed E-state index contributed by atoms with van der Waals surface area (Å²) >= 11 is 0. The molecule has 0 radical (unpaired) electrons. The number of benzene rings is 1. The summed E-state index contributed by atoms with van der Waals surface area (Å²) in [6.45, 7) is 2.42. The first-order valence-electron chi connectivity index (χ1n) is 11.5. The van der Waals surface area contributed by atoms with Crippen molar-refractivity contribution in [3.8, 4) is 0 Å². The van der Waals surface area contributed by atoms with Crippen LogP contribution in [0.5, 0.6) is 0 Å². The lowest BCUT2D eigenvalue weighted by molar-refractivity contribution is -0.144. The molecular weight excluding hydrogens is 392 g/mol. The maximum atomic E-state index is 12.5. The predicted molar refractivity (Wildman–Crippen MR) is 117 cm³/mol. The lowest BCUT2D eigenvalue weighted by Crippen LogP contribution is -2.61. The monoisotopic (exact) mass is 422 g/mol. The van der Waals surface area contributed by atoms with Crippen LogP contribution in [0.2, 0.25) is 0 Å². The fourth-order valence-electron chi connectivity index (χ4n) is 4.75. The SMILES string of the molecule is O=C(NCC1CC1)C1CC(=O)N(C2CN(C(=O)CCCc3c[nH]c4ccccc34)C2)C1. The minimum absolute atomic E-state index is 0.00675. The smallest absolute Gasteiger partial charge is 0.225 e. The molecule has 3 aliphatic rings. The van der Waals surface area contributed by atoms with Crippen LogP contribution in [-0.4, -0.2) is 64.7 Å². The van der Waals surface area contributed by atoms with E-state index in [4.69, 9.17) is 0 Å². The molecule has 2 aliphatic heterocycles. The number of aryl methyl sites for hydroxylation is 1. The second-order valence-corrected chi connectivity index (χ2v) is 9.30. The first-order chi connectivity index (χ1) is 15.1. The van der Waals surface area contributed by atoms with Crippen LogP contribution < -0.4 is 5.32 Å². The molecule has 164 valence electrons. The topological polar surface area (TPSA) is 85.5 Å². The number of carbonyl (C=O) groups is 3. The first-order valence-corrected chi connectivity index (χ1v) is 11.5. The van der Waals surface area contributed by atoms with Crippen molar-refractivity contribution >= 4 is 28.6 Å². The van der Waals surface area contributed by atoms with Gasteiger partial charge in [-0.3, -0.25) is 14.4 Å². The van der Waals surface area contributed by atoms with Crippen molar-refractivity contribution in [3.63, 3.8) is 0 Å². The zero-order chi connectivity index (χ0) is 21.4. The third-order valence-electron chi connectivity index (χ3n) is 6.96. The van der Waals surface area contributed by atoms with Crippen molar-refractivity contribution in [2.24, 2.45) is 11.8 Å². The second kappa shape index (κ2) is 8.36. The number of amides is 3. The molecule has 2 aromatic rings. The number of hydrogen-bond donors (Lipinski definition) is 2. The van der Waals surface area contributed by atoms with E-state index in [0.717, 1.165) is 24.9 Å². The number of para-hydroxylation sites is 1. The predicted octanol–water partition coefficient (Wildman–Crippen LogP) is 2.08. The van der Waals surface area contributed by atoms with Gasteiger partial charge in [-0.25, -0.2) is 0 Å². The number of H-pyrrole nitrogens is 1. The molecule has 1 unspecified atom stereocenters. The number of fused-ring (bicyclic) bond motifs is 1. The summed E-state index contributed by atoms with van der Waals surface area (Å²) in [7, 11) is 0. The van der Waals surface area contributed by atoms with Gasteiger partial charge >= 0.3 is 0 Å². The average molecular weight is 423 g/mol. The van der Waals surface area contributed by atoms with Crippen LogP contribution >= 0.6 is 0 Å². The Morgan fingerprint density at radius 3 is 2.74 bits per heavy atom. The van der Waals surface area contributed by atoms with Gasteiger partial charge in [0.1, 0.15) is 0 Å². The number of carbonyl (C=O) groups excluding carboxylic acids is 3. The molecule has 3 amide bonds. The van der Waals surface area contributed by atoms with E-state index in [2.05, 4.69) is 22.4 Å². The summed E-state index contributed by atoms with van der Waals surface area (Å²) in [5, 5.41) is 4.22. The molecule has 7 heteroatoms. The van der Waals surface area contributed by atoms with Crippen molar-refractivity contribution in [1.29, 1.82) is 0 Å². The molecule has 2 N–H and O–H groups in total. The summed E-state index contributed by atoms with van der Waals surface area (Å²) < 4.78 is 0. The minimum Gasteiger partial charge on any atom is -0.361 e. The van der Waals surface area contributed by atoms with Gasteiger partial charge in [-0.05, 0) is 43.2 Å². The van der Waals surface area contributed by atoms with Crippen LogP contribution in [0, 0.1) is 11.8 Å². The molecule has 1 aromatic carbocycles. The van der Waals surface area contributed by atoms with Crippen LogP contribution in [0.3, 0.4) is 0 Å². The summed E-state index contributed by atoms with van der Waals surface area (Å²) in [4.78, 5) is 44.2. The lowest BCUT2D eigenvalue weighted by atomic mass is 10.0. The largest absolute Gasteiger partial charge is 0.361 e. The summed E-state index contributed by atoms with van der Waals surface area (Å²) in [5.74, 6) is 0.600. The van der Waals surface area contributed by atoms with Gasteiger partial charge in [0, 0.05) is 56.1 Å². The van der Waals surface area contributed by atoms with Gasteiger partial charge in [-0.2, -0.15) is 0 Å². The number of nitrogens with one attached hydrogen (secondary N) is 2. The zero-order valence-electron chi connectivity index (χ0n) is 17.8. The summed E-state index contributed by atoms with van der Waals surface area (Å²) in [6.07, 6.45) is 6.93. The Morgan fingerprint density at radius 1 is 1.13 bits per heavy atom. The molecule has 7 nitrogen and oxygen atoms in total. The van der Waals surface area contributed by atoms with Gasteiger partial charge in [0.25, 0.3) is 0 Å². The van der Waals surface area contributed by atoms with Crippen molar-refractivity contribution in [2.45, 2.75) is 44.6 Å². The van der Waals surface area contributed by atoms with Gasteiger partial charge in [-0.15, -0.1) is 0 Å². The normalized spacial score (nSPS) is 21.5. The van der Waals surface area contributed by atoms with Gasteiger partial charge in [0.15, 0.2) is 0 Å². The van der Waals surface area contributed by atoms with Gasteiger partial charge in [0.05, 0.1) is 12.0 Å². The number of aromatic nitrogens is 1. The average Bonchev–Trinajstić information content (AvgIpc) is 3.37. The highest BCUT2D eigenvalue weighted by atomic mass is 16.2. The number of hydrogen-bond acceptors (Lipinski definition) is 3. The van der Waals surface area contributed by atoms with Crippen LogP contribution in [0.25, 0.3) is 10.9 Å². The van der Waals surface area contributed by atoms with E-state index in [9.17, 15) is 14.4 Å². The Kier molecular flexibility index (Phi) is 5.42. The van der Waals surface area contributed by atoms with E-state index in [0.29, 0.717) is 38.4 Å². The highest BCUT2D eigenvalue weighted by Crippen LogP contribution is 2.29. The van der Waals surface area contributed by atoms with Crippen LogP contribution in [0.15, 0.2) is 30.5 Å². The fraction of sp³-hybridized carbons (Fsp3) is 0.542. The van der Waals surface area contributed by atoms with E-state index in [1.807, 2.05) is 28.1 Å². The zero-order valence-corrected chi connectivity index (χ0v) is 17.8. The fourth-order valence-corrected chi connectivity index (χ4v) is 4.75. The molecule has 1 atom stereocenters. The number of rotatable bonds is 8. The Bertz CT molecular complexity index is 990. The third-order valence-corrected chi connectivity index (χ3v) is 6.96. The molecule has 1 saturated carbocycles. The Morgan fingerprint density at radius 2 is 1.94 bits per heavy atom. The molecule has 3 heterocycles. The standard InChI is InChI=1S/C24H30N4O3/c29-22(7-3-4-17-12-25-21-6-2-1-5-20(17)21)27-14-19(15-27)28-13-18(10-23(28)30)24(31)26-11-16-8-9-16/h1-2,5-6,12,16,18-19,25H,3-4,7-11,13-15H2,(H,26,31). The Balaban J connectivity index is 1.04. The molecule has 31 heavy (non-hydrogen) atoms. The molecule has 0 bridgehead atoms. The highest BCUT2D eigenvalue weighted by molar-refractivity contribution is 5.89. The molecule has 1 aliphatic carbocycles. The van der Waals surface area contributed by atoms with E-state index in [1.165, 1.54) is 23.8 Å². The van der Waals surface area contributed by atoms with Crippen LogP contribution in [-0.2, 0) is 20.8 Å². The maximum absolute atomic E-state index is 12.5. The van der Waals surface area contributed by atoms with Crippen molar-refractivity contribution in [3.05, 3.63) is 36.0 Å². The molecule has 1 aromatic heterocycles. The lowest BCUT2D eigenvalue weighted by Gasteiger charge is -2.44. The maximum Gasteiger partial charge on any atom is 0.225 e. The molecule has 2 saturated heterocycles. The molecular formula is C24H30N4O3. The summed E-state index contributed by atoms with van der Waals surface area (Å²) in [5.41, 5.74) is 2.38. The van der Waals surface area contributed by atoms with Crippen LogP contribution in [0.4, 0.5) is 0 Å². The highest BCUT2D eigenvalue weighted by Gasteiger charge is 2.43. The van der Waals surface area contributed by atoms with Crippen molar-refractivity contribution < 1.29 is 14.4 Å². The van der Waals surface area contributed by atoms with Crippen LogP contribution in [0.1, 0.15) is 37.7 Å². The Labute approximate surface area is 182 Å². The van der Waals surface area contributed by atoms with E-state index < -0.39 is 0 Å². The van der Waals surface area contributed by atoms with Crippen molar-refractivity contribution in [1.82, 2.24) is 20.1 Å². The van der Waals surface area contributed by atoms with Gasteiger partial charge < -0.3 is 20.1 Å². The second-order valence-electron chi connectivity index (χ2n) is 9.30. The Hall–Kier alpha value is -2.83. The molecule has 3 fully saturated rings. The number of nitrogens with zero attached hydrogens (tertiary/aromatic N) is 2. The van der Waals surface area contributed by atoms with E-state index in [1.54, 1.807) is 0 Å².